The summed E-state index contributed by atoms with van der Waals surface area (Å²) < 4.78 is 5.48. The lowest BCUT2D eigenvalue weighted by molar-refractivity contribution is 0.102. The van der Waals surface area contributed by atoms with Crippen molar-refractivity contribution in [3.8, 4) is 5.75 Å². The highest BCUT2D eigenvalue weighted by atomic mass is 35.5. The highest BCUT2D eigenvalue weighted by Crippen LogP contribution is 2.15. The number of aryl methyl sites for hydroxylation is 1. The largest absolute Gasteiger partial charge is 0.483 e. The molecule has 0 fully saturated rings. The molecule has 2 aromatic heterocycles. The van der Waals surface area contributed by atoms with Crippen LogP contribution in [0.4, 0.5) is 5.13 Å². The third kappa shape index (κ3) is 4.43. The quantitative estimate of drug-likeness (QED) is 0.713. The molecule has 3 aromatic rings. The van der Waals surface area contributed by atoms with Crippen molar-refractivity contribution in [2.24, 2.45) is 0 Å². The number of hydrogen-bond acceptors (Lipinski definition) is 6. The number of aromatic amines is 1. The normalized spacial score (nSPS) is 10.5. The molecule has 7 nitrogen and oxygen atoms in total. The van der Waals surface area contributed by atoms with Crippen molar-refractivity contribution in [2.45, 2.75) is 13.5 Å². The Kier molecular flexibility index (Phi) is 5.11. The first-order valence-electron chi connectivity index (χ1n) is 7.23. The van der Waals surface area contributed by atoms with E-state index in [-0.39, 0.29) is 18.1 Å². The Morgan fingerprint density at radius 3 is 2.88 bits per heavy atom. The van der Waals surface area contributed by atoms with Gasteiger partial charge in [-0.05, 0) is 24.6 Å². The van der Waals surface area contributed by atoms with Gasteiger partial charge in [-0.3, -0.25) is 14.9 Å². The van der Waals surface area contributed by atoms with Crippen molar-refractivity contribution in [3.63, 3.8) is 0 Å². The van der Waals surface area contributed by atoms with Crippen molar-refractivity contribution < 1.29 is 9.53 Å². The average Bonchev–Trinajstić information content (AvgIpc) is 2.98. The van der Waals surface area contributed by atoms with Crippen LogP contribution in [0.2, 0.25) is 5.02 Å². The van der Waals surface area contributed by atoms with E-state index in [4.69, 9.17) is 16.3 Å². The predicted molar refractivity (Wildman–Crippen MR) is 95.4 cm³/mol. The van der Waals surface area contributed by atoms with Crippen molar-refractivity contribution in [2.75, 3.05) is 5.32 Å². The molecule has 0 radical (unpaired) electrons. The van der Waals surface area contributed by atoms with Gasteiger partial charge in [0.2, 0.25) is 10.6 Å². The summed E-state index contributed by atoms with van der Waals surface area (Å²) in [7, 11) is 0. The van der Waals surface area contributed by atoms with Crippen LogP contribution in [0.25, 0.3) is 0 Å². The fraction of sp³-hybridized carbons (Fsp3) is 0.125. The topological polar surface area (TPSA) is 97.0 Å². The predicted octanol–water partition coefficient (Wildman–Crippen LogP) is 3.02. The summed E-state index contributed by atoms with van der Waals surface area (Å²) in [5, 5.41) is 11.9. The van der Waals surface area contributed by atoms with Gasteiger partial charge in [0.05, 0.1) is 0 Å². The highest BCUT2D eigenvalue weighted by Gasteiger charge is 2.12. The number of halogens is 1. The zero-order chi connectivity index (χ0) is 17.8. The number of ether oxygens (including phenoxy) is 1. The van der Waals surface area contributed by atoms with Gasteiger partial charge in [-0.1, -0.05) is 35.1 Å². The minimum atomic E-state index is -0.477. The molecular weight excluding hydrogens is 364 g/mol. The number of anilines is 1. The molecule has 25 heavy (non-hydrogen) atoms. The van der Waals surface area contributed by atoms with E-state index >= 15 is 0 Å². The zero-order valence-corrected chi connectivity index (χ0v) is 14.6. The lowest BCUT2D eigenvalue weighted by Gasteiger charge is -2.07. The Hall–Kier alpha value is -2.71. The maximum atomic E-state index is 12.1. The van der Waals surface area contributed by atoms with E-state index in [2.05, 4.69) is 20.5 Å². The fourth-order valence-corrected chi connectivity index (χ4v) is 2.80. The second-order valence-corrected chi connectivity index (χ2v) is 6.69. The van der Waals surface area contributed by atoms with Gasteiger partial charge in [-0.15, -0.1) is 10.2 Å². The summed E-state index contributed by atoms with van der Waals surface area (Å²) in [6.07, 6.45) is 1.35. The summed E-state index contributed by atoms with van der Waals surface area (Å²) in [6, 6.07) is 8.32. The number of amides is 1. The number of benzene rings is 1. The average molecular weight is 377 g/mol. The number of rotatable bonds is 5. The number of nitrogens with zero attached hydrogens (tertiary/aromatic N) is 2. The van der Waals surface area contributed by atoms with Gasteiger partial charge in [0.1, 0.15) is 17.3 Å². The van der Waals surface area contributed by atoms with Crippen LogP contribution in [-0.4, -0.2) is 21.1 Å². The summed E-state index contributed by atoms with van der Waals surface area (Å²) in [6.45, 7) is 1.97. The minimum Gasteiger partial charge on any atom is -0.483 e. The number of H-pyrrole nitrogens is 1. The number of nitrogens with one attached hydrogen (secondary N) is 2. The van der Waals surface area contributed by atoms with Crippen LogP contribution in [0, 0.1) is 6.92 Å². The maximum Gasteiger partial charge on any atom is 0.274 e. The number of carbonyl (C=O) groups excluding carboxylic acids is 1. The van der Waals surface area contributed by atoms with Crippen molar-refractivity contribution in [1.29, 1.82) is 0 Å². The van der Waals surface area contributed by atoms with Gasteiger partial charge in [-0.2, -0.15) is 0 Å². The summed E-state index contributed by atoms with van der Waals surface area (Å²) >= 11 is 7.15. The molecular formula is C16H13ClN4O3S. The molecule has 0 unspecified atom stereocenters. The first-order chi connectivity index (χ1) is 12.0. The third-order valence-corrected chi connectivity index (χ3v) is 4.14. The Morgan fingerprint density at radius 1 is 1.36 bits per heavy atom. The number of hydrogen-bond donors (Lipinski definition) is 2. The molecule has 0 saturated heterocycles. The molecule has 9 heteroatoms. The van der Waals surface area contributed by atoms with Crippen molar-refractivity contribution in [1.82, 2.24) is 15.2 Å². The van der Waals surface area contributed by atoms with Gasteiger partial charge < -0.3 is 9.72 Å². The number of aromatic nitrogens is 3. The lowest BCUT2D eigenvalue weighted by Crippen LogP contribution is -2.17. The zero-order valence-electron chi connectivity index (χ0n) is 13.1. The van der Waals surface area contributed by atoms with Crippen molar-refractivity contribution >= 4 is 34.0 Å². The Morgan fingerprint density at radius 2 is 2.20 bits per heavy atom. The Balaban J connectivity index is 1.68. The van der Waals surface area contributed by atoms with E-state index in [1.807, 2.05) is 6.07 Å². The molecule has 0 aliphatic carbocycles. The molecule has 0 bridgehead atoms. The monoisotopic (exact) mass is 376 g/mol. The van der Waals surface area contributed by atoms with Crippen LogP contribution < -0.4 is 15.5 Å². The molecule has 0 saturated carbocycles. The van der Waals surface area contributed by atoms with Crippen LogP contribution in [0.15, 0.2) is 41.3 Å². The molecule has 2 heterocycles. The summed E-state index contributed by atoms with van der Waals surface area (Å²) in [5.74, 6) is -0.363. The van der Waals surface area contributed by atoms with Gasteiger partial charge in [0.15, 0.2) is 5.75 Å². The SMILES string of the molecule is Cc1nnc(NC(=O)c2cc(=O)c(OCc3cccc(Cl)c3)c[nH]2)s1. The van der Waals surface area contributed by atoms with Crippen LogP contribution in [0.3, 0.4) is 0 Å². The molecule has 2 N–H and O–H groups in total. The lowest BCUT2D eigenvalue weighted by atomic mass is 10.2. The summed E-state index contributed by atoms with van der Waals surface area (Å²) in [5.41, 5.74) is 0.535. The highest BCUT2D eigenvalue weighted by molar-refractivity contribution is 7.15. The fourth-order valence-electron chi connectivity index (χ4n) is 2.00. The molecule has 128 valence electrons. The first-order valence-corrected chi connectivity index (χ1v) is 8.42. The summed E-state index contributed by atoms with van der Waals surface area (Å²) in [4.78, 5) is 27.0. The smallest absolute Gasteiger partial charge is 0.274 e. The van der Waals surface area contributed by atoms with E-state index in [0.717, 1.165) is 10.6 Å². The van der Waals surface area contributed by atoms with Crippen LogP contribution in [-0.2, 0) is 6.61 Å². The molecule has 3 rings (SSSR count). The second kappa shape index (κ2) is 7.45. The van der Waals surface area contributed by atoms with E-state index in [1.165, 1.54) is 23.6 Å². The van der Waals surface area contributed by atoms with E-state index in [0.29, 0.717) is 10.2 Å². The molecule has 0 aliphatic heterocycles. The van der Waals surface area contributed by atoms with Gasteiger partial charge in [0.25, 0.3) is 5.91 Å². The van der Waals surface area contributed by atoms with E-state index < -0.39 is 11.3 Å². The minimum absolute atomic E-state index is 0.105. The van der Waals surface area contributed by atoms with Crippen LogP contribution in [0.5, 0.6) is 5.75 Å². The molecule has 0 spiro atoms. The Bertz CT molecular complexity index is 970. The van der Waals surface area contributed by atoms with Crippen molar-refractivity contribution in [3.05, 3.63) is 68.0 Å². The molecule has 0 aliphatic rings. The van der Waals surface area contributed by atoms with Crippen LogP contribution in [0.1, 0.15) is 21.1 Å². The van der Waals surface area contributed by atoms with E-state index in [1.54, 1.807) is 25.1 Å². The third-order valence-electron chi connectivity index (χ3n) is 3.15. The molecule has 1 aromatic carbocycles. The first kappa shape index (κ1) is 17.1. The molecule has 1 amide bonds. The van der Waals surface area contributed by atoms with Gasteiger partial charge in [0, 0.05) is 17.3 Å². The van der Waals surface area contributed by atoms with Gasteiger partial charge >= 0.3 is 0 Å². The number of pyridine rings is 1. The second-order valence-electron chi connectivity index (χ2n) is 5.07. The van der Waals surface area contributed by atoms with Gasteiger partial charge in [-0.25, -0.2) is 0 Å². The Labute approximate surface area is 151 Å². The maximum absolute atomic E-state index is 12.1. The number of carbonyl (C=O) groups is 1. The standard InChI is InChI=1S/C16H13ClN4O3S/c1-9-20-21-16(25-9)19-15(23)12-6-13(22)14(7-18-12)24-8-10-3-2-4-11(17)5-10/h2-7H,8H2,1H3,(H,18,22)(H,19,21,23). The van der Waals surface area contributed by atoms with E-state index in [9.17, 15) is 9.59 Å². The van der Waals surface area contributed by atoms with Crippen LogP contribution >= 0.6 is 22.9 Å². The molecule has 0 atom stereocenters.